The van der Waals surface area contributed by atoms with E-state index < -0.39 is 5.82 Å². The zero-order valence-electron chi connectivity index (χ0n) is 7.42. The fourth-order valence-corrected chi connectivity index (χ4v) is 1.09. The molecule has 0 aliphatic carbocycles. The second-order valence-corrected chi connectivity index (χ2v) is 3.47. The molecule has 1 heterocycles. The van der Waals surface area contributed by atoms with Crippen molar-refractivity contribution in [2.45, 2.75) is 6.92 Å². The van der Waals surface area contributed by atoms with Gasteiger partial charge in [0.15, 0.2) is 0 Å². The summed E-state index contributed by atoms with van der Waals surface area (Å²) in [4.78, 5) is 14.3. The number of carbonyl (C=O) groups excluding carboxylic acids is 1. The maximum atomic E-state index is 13.1. The number of amides is 1. The Morgan fingerprint density at radius 2 is 2.43 bits per heavy atom. The zero-order valence-corrected chi connectivity index (χ0v) is 9.01. The summed E-state index contributed by atoms with van der Waals surface area (Å²) in [5, 5.41) is 2.40. The van der Waals surface area contributed by atoms with Gasteiger partial charge in [0.25, 0.3) is 0 Å². The molecule has 0 spiro atoms. The first-order valence-corrected chi connectivity index (χ1v) is 4.63. The normalized spacial score (nSPS) is 10.5. The van der Waals surface area contributed by atoms with Gasteiger partial charge >= 0.3 is 0 Å². The van der Waals surface area contributed by atoms with Gasteiger partial charge in [-0.05, 0) is 28.1 Å². The third kappa shape index (κ3) is 3.26. The smallest absolute Gasteiger partial charge is 0.220 e. The second kappa shape index (κ2) is 4.85. The van der Waals surface area contributed by atoms with Crippen LogP contribution in [0.4, 0.5) is 4.39 Å². The predicted molar refractivity (Wildman–Crippen MR) is 54.7 cm³/mol. The first kappa shape index (κ1) is 10.8. The van der Waals surface area contributed by atoms with Crippen molar-refractivity contribution in [3.63, 3.8) is 0 Å². The zero-order chi connectivity index (χ0) is 10.6. The number of hydrogen-bond donors (Lipinski definition) is 1. The minimum atomic E-state index is -0.444. The molecule has 1 aromatic heterocycles. The second-order valence-electron chi connectivity index (χ2n) is 2.55. The van der Waals surface area contributed by atoms with Crippen molar-refractivity contribution in [3.05, 3.63) is 34.4 Å². The lowest BCUT2D eigenvalue weighted by Gasteiger charge is -1.96. The molecule has 5 heteroatoms. The van der Waals surface area contributed by atoms with Crippen LogP contribution in [0.1, 0.15) is 12.6 Å². The molecule has 1 rings (SSSR count). The minimum absolute atomic E-state index is 0.182. The van der Waals surface area contributed by atoms with Crippen molar-refractivity contribution in [1.82, 2.24) is 10.3 Å². The van der Waals surface area contributed by atoms with E-state index in [1.807, 2.05) is 0 Å². The van der Waals surface area contributed by atoms with Gasteiger partial charge in [-0.25, -0.2) is 4.39 Å². The van der Waals surface area contributed by atoms with Crippen LogP contribution in [0.2, 0.25) is 0 Å². The lowest BCUT2D eigenvalue weighted by Crippen LogP contribution is -2.11. The molecule has 0 aromatic carbocycles. The van der Waals surface area contributed by atoms with Crippen LogP contribution in [0.3, 0.4) is 0 Å². The van der Waals surface area contributed by atoms with Crippen LogP contribution in [-0.2, 0) is 4.79 Å². The first-order chi connectivity index (χ1) is 6.59. The van der Waals surface area contributed by atoms with Crippen LogP contribution >= 0.6 is 15.9 Å². The average molecular weight is 259 g/mol. The average Bonchev–Trinajstić information content (AvgIpc) is 2.08. The number of nitrogens with one attached hydrogen (secondary N) is 1. The fourth-order valence-electron chi connectivity index (χ4n) is 0.786. The molecule has 0 atom stereocenters. The van der Waals surface area contributed by atoms with E-state index in [-0.39, 0.29) is 11.6 Å². The van der Waals surface area contributed by atoms with Crippen molar-refractivity contribution >= 4 is 27.9 Å². The molecular weight excluding hydrogens is 251 g/mol. The number of hydrogen-bond acceptors (Lipinski definition) is 2. The topological polar surface area (TPSA) is 42.0 Å². The van der Waals surface area contributed by atoms with Gasteiger partial charge in [-0.2, -0.15) is 0 Å². The number of halogens is 2. The van der Waals surface area contributed by atoms with Gasteiger partial charge in [0, 0.05) is 23.8 Å². The van der Waals surface area contributed by atoms with Gasteiger partial charge in [0.05, 0.1) is 0 Å². The molecule has 3 nitrogen and oxygen atoms in total. The van der Waals surface area contributed by atoms with Crippen molar-refractivity contribution < 1.29 is 9.18 Å². The molecular formula is C9H8BrFN2O. The summed E-state index contributed by atoms with van der Waals surface area (Å²) in [7, 11) is 0. The molecule has 14 heavy (non-hydrogen) atoms. The lowest BCUT2D eigenvalue weighted by atomic mass is 10.3. The van der Waals surface area contributed by atoms with Crippen molar-refractivity contribution in [2.24, 2.45) is 0 Å². The standard InChI is InChI=1S/C9H8BrFN2O/c1-6(14)12-3-2-9-8(11)4-7(10)5-13-9/h2-5H,1H3,(H,12,14)/b3-2+. The van der Waals surface area contributed by atoms with Crippen molar-refractivity contribution in [1.29, 1.82) is 0 Å². The molecule has 0 aliphatic rings. The maximum absolute atomic E-state index is 13.1. The fraction of sp³-hybridized carbons (Fsp3) is 0.111. The van der Waals surface area contributed by atoms with Crippen LogP contribution in [-0.4, -0.2) is 10.9 Å². The number of rotatable bonds is 2. The van der Waals surface area contributed by atoms with Crippen LogP contribution in [0.15, 0.2) is 22.9 Å². The summed E-state index contributed by atoms with van der Waals surface area (Å²) in [6.45, 7) is 1.37. The Morgan fingerprint density at radius 3 is 3.00 bits per heavy atom. The highest BCUT2D eigenvalue weighted by atomic mass is 79.9. The van der Waals surface area contributed by atoms with E-state index in [2.05, 4.69) is 26.2 Å². The van der Waals surface area contributed by atoms with E-state index in [4.69, 9.17) is 0 Å². The quantitative estimate of drug-likeness (QED) is 0.883. The number of aromatic nitrogens is 1. The highest BCUT2D eigenvalue weighted by molar-refractivity contribution is 9.10. The molecule has 0 fully saturated rings. The molecule has 1 N–H and O–H groups in total. The van der Waals surface area contributed by atoms with Gasteiger partial charge in [0.1, 0.15) is 11.5 Å². The summed E-state index contributed by atoms with van der Waals surface area (Å²) < 4.78 is 13.7. The highest BCUT2D eigenvalue weighted by Crippen LogP contribution is 2.12. The molecule has 74 valence electrons. The molecule has 0 saturated heterocycles. The molecule has 0 aliphatic heterocycles. The number of pyridine rings is 1. The van der Waals surface area contributed by atoms with Crippen molar-refractivity contribution in [3.8, 4) is 0 Å². The van der Waals surface area contributed by atoms with Crippen molar-refractivity contribution in [2.75, 3.05) is 0 Å². The van der Waals surface area contributed by atoms with Gasteiger partial charge in [-0.1, -0.05) is 0 Å². The van der Waals surface area contributed by atoms with E-state index in [9.17, 15) is 9.18 Å². The van der Waals surface area contributed by atoms with Crippen LogP contribution in [0.5, 0.6) is 0 Å². The summed E-state index contributed by atoms with van der Waals surface area (Å²) in [6.07, 6.45) is 4.22. The Kier molecular flexibility index (Phi) is 3.76. The lowest BCUT2D eigenvalue weighted by molar-refractivity contribution is -0.118. The molecule has 0 unspecified atom stereocenters. The molecule has 1 amide bonds. The monoisotopic (exact) mass is 258 g/mol. The Morgan fingerprint density at radius 1 is 1.71 bits per heavy atom. The Balaban J connectivity index is 2.76. The largest absolute Gasteiger partial charge is 0.333 e. The SMILES string of the molecule is CC(=O)N/C=C/c1ncc(Br)cc1F. The predicted octanol–water partition coefficient (Wildman–Crippen LogP) is 2.09. The van der Waals surface area contributed by atoms with E-state index in [1.54, 1.807) is 0 Å². The highest BCUT2D eigenvalue weighted by Gasteiger charge is 1.99. The Bertz CT molecular complexity index is 379. The third-order valence-electron chi connectivity index (χ3n) is 1.36. The van der Waals surface area contributed by atoms with E-state index in [0.29, 0.717) is 4.47 Å². The van der Waals surface area contributed by atoms with E-state index >= 15 is 0 Å². The number of carbonyl (C=O) groups is 1. The third-order valence-corrected chi connectivity index (χ3v) is 1.80. The van der Waals surface area contributed by atoms with Gasteiger partial charge in [-0.15, -0.1) is 0 Å². The summed E-state index contributed by atoms with van der Waals surface area (Å²) in [5.41, 5.74) is 0.182. The van der Waals surface area contributed by atoms with Crippen LogP contribution in [0.25, 0.3) is 6.08 Å². The Hall–Kier alpha value is -1.23. The molecule has 0 saturated carbocycles. The minimum Gasteiger partial charge on any atom is -0.333 e. The first-order valence-electron chi connectivity index (χ1n) is 3.84. The van der Waals surface area contributed by atoms with Crippen LogP contribution < -0.4 is 5.32 Å². The van der Waals surface area contributed by atoms with Gasteiger partial charge in [-0.3, -0.25) is 9.78 Å². The molecule has 0 bridgehead atoms. The maximum Gasteiger partial charge on any atom is 0.220 e. The summed E-state index contributed by atoms with van der Waals surface area (Å²) in [6, 6.07) is 1.31. The van der Waals surface area contributed by atoms with Gasteiger partial charge in [0.2, 0.25) is 5.91 Å². The van der Waals surface area contributed by atoms with E-state index in [1.165, 1.54) is 31.5 Å². The molecule has 0 radical (unpaired) electrons. The van der Waals surface area contributed by atoms with Crippen LogP contribution in [0, 0.1) is 5.82 Å². The summed E-state index contributed by atoms with van der Waals surface area (Å²) >= 11 is 3.09. The molecule has 1 aromatic rings. The summed E-state index contributed by atoms with van der Waals surface area (Å²) in [5.74, 6) is -0.653. The van der Waals surface area contributed by atoms with E-state index in [0.717, 1.165) is 0 Å². The number of nitrogens with zero attached hydrogens (tertiary/aromatic N) is 1. The van der Waals surface area contributed by atoms with Gasteiger partial charge < -0.3 is 5.32 Å². The Labute approximate surface area is 89.2 Å².